The highest BCUT2D eigenvalue weighted by Gasteiger charge is 2.36. The molecule has 1 amide bonds. The maximum atomic E-state index is 12.3. The average molecular weight is 262 g/mol. The second-order valence-electron chi connectivity index (χ2n) is 5.28. The number of carbonyl (C=O) groups excluding carboxylic acids is 1. The molecule has 0 aliphatic carbocycles. The summed E-state index contributed by atoms with van der Waals surface area (Å²) in [7, 11) is 0. The number of aliphatic hydroxyl groups is 2. The smallest absolute Gasteiger partial charge is 0.240 e. The number of aliphatic hydroxyl groups excluding tert-OH is 2. The summed E-state index contributed by atoms with van der Waals surface area (Å²) in [4.78, 5) is 13.9. The van der Waals surface area contributed by atoms with Crippen molar-refractivity contribution in [2.45, 2.75) is 31.2 Å². The Bertz CT molecular complexity index is 481. The van der Waals surface area contributed by atoms with Crippen LogP contribution in [0.25, 0.3) is 0 Å². The van der Waals surface area contributed by atoms with Crippen LogP contribution in [0.4, 0.5) is 0 Å². The van der Waals surface area contributed by atoms with Gasteiger partial charge in [0.15, 0.2) is 0 Å². The number of β-amino-alcohol motifs (C(OH)–C–C–N with tert-alkyl or cyclic N) is 2. The molecule has 0 radical (unpaired) electrons. The van der Waals surface area contributed by atoms with Crippen molar-refractivity contribution in [3.8, 4) is 0 Å². The summed E-state index contributed by atoms with van der Waals surface area (Å²) in [6, 6.07) is 7.83. The molecule has 1 aromatic carbocycles. The van der Waals surface area contributed by atoms with Gasteiger partial charge in [0.25, 0.3) is 0 Å². The summed E-state index contributed by atoms with van der Waals surface area (Å²) in [6.07, 6.45) is -0.975. The van der Waals surface area contributed by atoms with Crippen LogP contribution in [-0.2, 0) is 17.8 Å². The largest absolute Gasteiger partial charge is 0.388 e. The molecule has 2 heterocycles. The van der Waals surface area contributed by atoms with Crippen LogP contribution in [0.15, 0.2) is 24.3 Å². The van der Waals surface area contributed by atoms with Gasteiger partial charge in [-0.05, 0) is 17.5 Å². The average Bonchev–Trinajstić information content (AvgIpc) is 2.77. The summed E-state index contributed by atoms with van der Waals surface area (Å²) >= 11 is 0. The van der Waals surface area contributed by atoms with Crippen molar-refractivity contribution in [3.05, 3.63) is 35.4 Å². The third kappa shape index (κ3) is 2.36. The number of nitrogens with one attached hydrogen (secondary N) is 1. The highest BCUT2D eigenvalue weighted by molar-refractivity contribution is 5.83. The van der Waals surface area contributed by atoms with Gasteiger partial charge in [-0.15, -0.1) is 0 Å². The summed E-state index contributed by atoms with van der Waals surface area (Å²) in [6.45, 7) is 1.13. The number of hydrogen-bond acceptors (Lipinski definition) is 4. The SMILES string of the molecule is O=C([C@@H]1Cc2ccccc2CN1)N1C[C@@H](O)[C@@H](O)C1. The lowest BCUT2D eigenvalue weighted by atomic mass is 9.95. The van der Waals surface area contributed by atoms with Crippen molar-refractivity contribution < 1.29 is 15.0 Å². The van der Waals surface area contributed by atoms with Crippen molar-refractivity contribution in [1.82, 2.24) is 10.2 Å². The van der Waals surface area contributed by atoms with Crippen LogP contribution in [0.5, 0.6) is 0 Å². The number of hydrogen-bond donors (Lipinski definition) is 3. The van der Waals surface area contributed by atoms with Gasteiger partial charge < -0.3 is 20.4 Å². The van der Waals surface area contributed by atoms with Crippen molar-refractivity contribution >= 4 is 5.91 Å². The van der Waals surface area contributed by atoms with Crippen molar-refractivity contribution in [1.29, 1.82) is 0 Å². The molecule has 0 unspecified atom stereocenters. The number of benzene rings is 1. The van der Waals surface area contributed by atoms with E-state index in [9.17, 15) is 15.0 Å². The normalized spacial score (nSPS) is 30.2. The third-order valence-electron chi connectivity index (χ3n) is 3.95. The predicted molar refractivity (Wildman–Crippen MR) is 69.4 cm³/mol. The van der Waals surface area contributed by atoms with Gasteiger partial charge in [0.1, 0.15) is 0 Å². The lowest BCUT2D eigenvalue weighted by Gasteiger charge is -2.28. The molecule has 1 saturated heterocycles. The summed E-state index contributed by atoms with van der Waals surface area (Å²) in [5, 5.41) is 22.2. The number of amides is 1. The van der Waals surface area contributed by atoms with Crippen LogP contribution < -0.4 is 5.32 Å². The fraction of sp³-hybridized carbons (Fsp3) is 0.500. The monoisotopic (exact) mass is 262 g/mol. The Labute approximate surface area is 111 Å². The van der Waals surface area contributed by atoms with Crippen molar-refractivity contribution in [2.24, 2.45) is 0 Å². The standard InChI is InChI=1S/C14H18N2O3/c17-12-7-16(8-13(12)18)14(19)11-5-9-3-1-2-4-10(9)6-15-11/h1-4,11-13,15,17-18H,5-8H2/t11-,12-,13+/m0/s1. The molecule has 3 rings (SSSR count). The van der Waals surface area contributed by atoms with E-state index in [1.54, 1.807) is 4.90 Å². The number of likely N-dealkylation sites (tertiary alicyclic amines) is 1. The van der Waals surface area contributed by atoms with Gasteiger partial charge in [-0.3, -0.25) is 4.79 Å². The first-order valence-electron chi connectivity index (χ1n) is 6.60. The Hall–Kier alpha value is -1.43. The lowest BCUT2D eigenvalue weighted by molar-refractivity contribution is -0.133. The lowest BCUT2D eigenvalue weighted by Crippen LogP contribution is -2.49. The Morgan fingerprint density at radius 3 is 2.47 bits per heavy atom. The van der Waals surface area contributed by atoms with Gasteiger partial charge >= 0.3 is 0 Å². The quantitative estimate of drug-likeness (QED) is 0.623. The minimum atomic E-state index is -0.820. The zero-order valence-corrected chi connectivity index (χ0v) is 10.6. The van der Waals surface area contributed by atoms with E-state index in [1.165, 1.54) is 11.1 Å². The van der Waals surface area contributed by atoms with Crippen LogP contribution in [0.2, 0.25) is 0 Å². The molecular formula is C14H18N2O3. The molecule has 1 aromatic rings. The highest BCUT2D eigenvalue weighted by atomic mass is 16.3. The minimum Gasteiger partial charge on any atom is -0.388 e. The first-order chi connectivity index (χ1) is 9.15. The van der Waals surface area contributed by atoms with Crippen molar-refractivity contribution in [2.75, 3.05) is 13.1 Å². The molecule has 19 heavy (non-hydrogen) atoms. The molecule has 3 N–H and O–H groups in total. The fourth-order valence-electron chi connectivity index (χ4n) is 2.80. The molecule has 0 aromatic heterocycles. The molecule has 0 spiro atoms. The van der Waals surface area contributed by atoms with E-state index in [0.717, 1.165) is 0 Å². The van der Waals surface area contributed by atoms with Crippen LogP contribution in [0.1, 0.15) is 11.1 Å². The van der Waals surface area contributed by atoms with Gasteiger partial charge in [0, 0.05) is 19.6 Å². The van der Waals surface area contributed by atoms with Gasteiger partial charge in [-0.2, -0.15) is 0 Å². The predicted octanol–water partition coefficient (Wildman–Crippen LogP) is -0.735. The second kappa shape index (κ2) is 4.92. The highest BCUT2D eigenvalue weighted by Crippen LogP contribution is 2.19. The zero-order chi connectivity index (χ0) is 13.4. The number of fused-ring (bicyclic) bond motifs is 1. The van der Waals surface area contributed by atoms with E-state index in [2.05, 4.69) is 11.4 Å². The molecule has 0 bridgehead atoms. The molecule has 102 valence electrons. The van der Waals surface area contributed by atoms with Gasteiger partial charge in [0.05, 0.1) is 18.2 Å². The molecular weight excluding hydrogens is 244 g/mol. The van der Waals surface area contributed by atoms with E-state index in [0.29, 0.717) is 13.0 Å². The Balaban J connectivity index is 1.70. The van der Waals surface area contributed by atoms with E-state index in [1.807, 2.05) is 18.2 Å². The molecule has 2 aliphatic heterocycles. The number of rotatable bonds is 1. The van der Waals surface area contributed by atoms with Gasteiger partial charge in [0.2, 0.25) is 5.91 Å². The van der Waals surface area contributed by atoms with E-state index in [-0.39, 0.29) is 25.0 Å². The van der Waals surface area contributed by atoms with Gasteiger partial charge in [-0.1, -0.05) is 24.3 Å². The van der Waals surface area contributed by atoms with Crippen LogP contribution in [0.3, 0.4) is 0 Å². The Kier molecular flexibility index (Phi) is 3.26. The maximum Gasteiger partial charge on any atom is 0.240 e. The Morgan fingerprint density at radius 2 is 1.79 bits per heavy atom. The molecule has 0 saturated carbocycles. The third-order valence-corrected chi connectivity index (χ3v) is 3.95. The summed E-state index contributed by atoms with van der Waals surface area (Å²) in [5.74, 6) is -0.0369. The van der Waals surface area contributed by atoms with Crippen LogP contribution in [-0.4, -0.2) is 52.4 Å². The molecule has 5 nitrogen and oxygen atoms in total. The van der Waals surface area contributed by atoms with E-state index in [4.69, 9.17) is 0 Å². The molecule has 1 fully saturated rings. The minimum absolute atomic E-state index is 0.0369. The zero-order valence-electron chi connectivity index (χ0n) is 10.6. The second-order valence-corrected chi connectivity index (χ2v) is 5.28. The number of carbonyl (C=O) groups is 1. The van der Waals surface area contributed by atoms with Gasteiger partial charge in [-0.25, -0.2) is 0 Å². The Morgan fingerprint density at radius 1 is 1.16 bits per heavy atom. The summed E-state index contributed by atoms with van der Waals surface area (Å²) in [5.41, 5.74) is 2.42. The first-order valence-corrected chi connectivity index (χ1v) is 6.60. The maximum absolute atomic E-state index is 12.3. The fourth-order valence-corrected chi connectivity index (χ4v) is 2.80. The molecule has 5 heteroatoms. The van der Waals surface area contributed by atoms with Crippen molar-refractivity contribution in [3.63, 3.8) is 0 Å². The van der Waals surface area contributed by atoms with Crippen LogP contribution in [0, 0.1) is 0 Å². The molecule has 3 atom stereocenters. The van der Waals surface area contributed by atoms with E-state index >= 15 is 0 Å². The first kappa shape index (κ1) is 12.6. The molecule has 2 aliphatic rings. The topological polar surface area (TPSA) is 72.8 Å². The van der Waals surface area contributed by atoms with E-state index < -0.39 is 12.2 Å². The number of nitrogens with zero attached hydrogens (tertiary/aromatic N) is 1. The summed E-state index contributed by atoms with van der Waals surface area (Å²) < 4.78 is 0. The van der Waals surface area contributed by atoms with Crippen LogP contribution >= 0.6 is 0 Å².